The summed E-state index contributed by atoms with van der Waals surface area (Å²) in [6.45, 7) is 0. The number of aryl methyl sites for hydroxylation is 2. The molecule has 6 heteroatoms. The van der Waals surface area contributed by atoms with E-state index in [1.54, 1.807) is 0 Å². The number of allylic oxidation sites excluding steroid dienone is 2. The first-order chi connectivity index (χ1) is 13.5. The fourth-order valence-electron chi connectivity index (χ4n) is 4.13. The number of carbonyl (C=O) groups is 2. The van der Waals surface area contributed by atoms with Crippen molar-refractivity contribution >= 4 is 17.3 Å². The third-order valence-electron chi connectivity index (χ3n) is 5.54. The number of aliphatic hydroxyl groups excluding tert-OH is 1. The summed E-state index contributed by atoms with van der Waals surface area (Å²) >= 11 is 0. The molecule has 0 saturated heterocycles. The molecule has 1 aromatic carbocycles. The number of aliphatic hydroxyl groups is 1. The minimum absolute atomic E-state index is 0.0248. The maximum Gasteiger partial charge on any atom is 0.168 e. The second-order valence-electron chi connectivity index (χ2n) is 7.44. The molecule has 2 aliphatic carbocycles. The maximum atomic E-state index is 12.6. The molecule has 6 nitrogen and oxygen atoms in total. The number of aromatic nitrogens is 1. The number of nitrogens with zero attached hydrogens (tertiary/aromatic N) is 1. The largest absolute Gasteiger partial charge is 0.511 e. The lowest BCUT2D eigenvalue weighted by Gasteiger charge is -2.24. The molecule has 0 spiro atoms. The third kappa shape index (κ3) is 3.42. The number of benzene rings is 1. The molecule has 1 fully saturated rings. The first-order valence-electron chi connectivity index (χ1n) is 9.63. The highest BCUT2D eigenvalue weighted by molar-refractivity contribution is 6.23. The number of carbonyl (C=O) groups excluding carboxylic acids is 2. The summed E-state index contributed by atoms with van der Waals surface area (Å²) < 4.78 is 5.26. The fourth-order valence-corrected chi connectivity index (χ4v) is 4.13. The van der Waals surface area contributed by atoms with Gasteiger partial charge in [-0.25, -0.2) is 0 Å². The van der Waals surface area contributed by atoms with Crippen molar-refractivity contribution < 1.29 is 19.2 Å². The van der Waals surface area contributed by atoms with Gasteiger partial charge in [0.05, 0.1) is 16.8 Å². The summed E-state index contributed by atoms with van der Waals surface area (Å²) in [5, 5.41) is 22.8. The molecule has 0 amide bonds. The zero-order valence-electron chi connectivity index (χ0n) is 15.5. The first-order valence-corrected chi connectivity index (χ1v) is 9.63. The van der Waals surface area contributed by atoms with Gasteiger partial charge in [0.15, 0.2) is 11.6 Å². The summed E-state index contributed by atoms with van der Waals surface area (Å²) in [6, 6.07) is 9.69. The first kappa shape index (κ1) is 18.3. The number of hydrogen-bond acceptors (Lipinski definition) is 6. The highest BCUT2D eigenvalue weighted by Gasteiger charge is 2.32. The molecule has 28 heavy (non-hydrogen) atoms. The number of ketones is 2. The number of nitrogens with one attached hydrogen (secondary N) is 1. The van der Waals surface area contributed by atoms with Crippen molar-refractivity contribution in [2.24, 2.45) is 0 Å². The van der Waals surface area contributed by atoms with Gasteiger partial charge in [0.1, 0.15) is 11.5 Å². The summed E-state index contributed by atoms with van der Waals surface area (Å²) in [7, 11) is 0. The van der Waals surface area contributed by atoms with E-state index in [-0.39, 0.29) is 47.4 Å². The van der Waals surface area contributed by atoms with E-state index < -0.39 is 0 Å². The SMILES string of the molecule is N=C1CC(c2ccccc2)CC(=O)/C1=C(/O)CCc1noc2c1C(=O)CCC2. The number of Topliss-reactive ketones (excluding diaryl/α,β-unsaturated/α-hetero) is 2. The number of rotatable bonds is 4. The Kier molecular flexibility index (Phi) is 4.94. The molecule has 1 aromatic heterocycles. The van der Waals surface area contributed by atoms with Crippen LogP contribution in [0.1, 0.15) is 65.4 Å². The molecule has 4 rings (SSSR count). The molecule has 1 atom stereocenters. The van der Waals surface area contributed by atoms with E-state index >= 15 is 0 Å². The van der Waals surface area contributed by atoms with Crippen molar-refractivity contribution in [2.45, 2.75) is 50.9 Å². The zero-order chi connectivity index (χ0) is 19.7. The van der Waals surface area contributed by atoms with Crippen LogP contribution in [0.25, 0.3) is 0 Å². The Morgan fingerprint density at radius 1 is 1.14 bits per heavy atom. The van der Waals surface area contributed by atoms with Crippen LogP contribution in [-0.2, 0) is 17.6 Å². The van der Waals surface area contributed by atoms with Gasteiger partial charge in [0, 0.05) is 37.8 Å². The monoisotopic (exact) mass is 378 g/mol. The van der Waals surface area contributed by atoms with Gasteiger partial charge in [0.2, 0.25) is 0 Å². The van der Waals surface area contributed by atoms with Crippen molar-refractivity contribution in [3.8, 4) is 0 Å². The standard InChI is InChI=1S/C22H22N2O4/c23-15-11-14(13-5-2-1-3-6-13)12-19(27)21(15)18(26)10-9-16-22-17(25)7-4-8-20(22)28-24-16/h1-3,5-6,14,23,26H,4,7-12H2/b21-18+,23-15?. The Balaban J connectivity index is 1.49. The Labute approximate surface area is 162 Å². The summed E-state index contributed by atoms with van der Waals surface area (Å²) in [6.07, 6.45) is 3.12. The van der Waals surface area contributed by atoms with Crippen molar-refractivity contribution in [3.63, 3.8) is 0 Å². The van der Waals surface area contributed by atoms with E-state index in [1.807, 2.05) is 30.3 Å². The van der Waals surface area contributed by atoms with Crippen LogP contribution in [0.15, 0.2) is 46.2 Å². The lowest BCUT2D eigenvalue weighted by Crippen LogP contribution is -2.26. The van der Waals surface area contributed by atoms with Crippen molar-refractivity contribution in [3.05, 3.63) is 64.2 Å². The average molecular weight is 378 g/mol. The maximum absolute atomic E-state index is 12.6. The molecule has 2 N–H and O–H groups in total. The van der Waals surface area contributed by atoms with E-state index in [0.717, 1.165) is 12.0 Å². The molecular weight excluding hydrogens is 356 g/mol. The van der Waals surface area contributed by atoms with Crippen LogP contribution in [0.2, 0.25) is 0 Å². The second kappa shape index (κ2) is 7.54. The molecule has 0 radical (unpaired) electrons. The van der Waals surface area contributed by atoms with Crippen LogP contribution >= 0.6 is 0 Å². The van der Waals surface area contributed by atoms with E-state index in [1.165, 1.54) is 0 Å². The van der Waals surface area contributed by atoms with Crippen molar-refractivity contribution in [2.75, 3.05) is 0 Å². The van der Waals surface area contributed by atoms with E-state index in [9.17, 15) is 14.7 Å². The van der Waals surface area contributed by atoms with Crippen molar-refractivity contribution in [1.29, 1.82) is 5.41 Å². The summed E-state index contributed by atoms with van der Waals surface area (Å²) in [5.74, 6) is 0.308. The molecule has 1 saturated carbocycles. The van der Waals surface area contributed by atoms with Crippen LogP contribution in [0.5, 0.6) is 0 Å². The molecule has 1 unspecified atom stereocenters. The average Bonchev–Trinajstić information content (AvgIpc) is 3.11. The lowest BCUT2D eigenvalue weighted by molar-refractivity contribution is -0.116. The van der Waals surface area contributed by atoms with Gasteiger partial charge in [0.25, 0.3) is 0 Å². The lowest BCUT2D eigenvalue weighted by atomic mass is 9.79. The minimum atomic E-state index is -0.208. The Morgan fingerprint density at radius 2 is 1.93 bits per heavy atom. The van der Waals surface area contributed by atoms with Gasteiger partial charge in [-0.15, -0.1) is 0 Å². The molecule has 144 valence electrons. The normalized spacial score (nSPS) is 21.6. The predicted molar refractivity (Wildman–Crippen MR) is 103 cm³/mol. The van der Waals surface area contributed by atoms with Gasteiger partial charge < -0.3 is 15.0 Å². The van der Waals surface area contributed by atoms with Crippen LogP contribution < -0.4 is 0 Å². The smallest absolute Gasteiger partial charge is 0.168 e. The molecule has 2 aromatic rings. The Hall–Kier alpha value is -3.02. The van der Waals surface area contributed by atoms with Gasteiger partial charge in [-0.2, -0.15) is 0 Å². The van der Waals surface area contributed by atoms with Gasteiger partial charge in [-0.1, -0.05) is 35.5 Å². The molecule has 2 aliphatic rings. The van der Waals surface area contributed by atoms with E-state index in [2.05, 4.69) is 5.16 Å². The Morgan fingerprint density at radius 3 is 2.68 bits per heavy atom. The zero-order valence-corrected chi connectivity index (χ0v) is 15.5. The van der Waals surface area contributed by atoms with E-state index in [4.69, 9.17) is 9.93 Å². The second-order valence-corrected chi connectivity index (χ2v) is 7.44. The predicted octanol–water partition coefficient (Wildman–Crippen LogP) is 4.10. The number of hydrogen-bond donors (Lipinski definition) is 2. The minimum Gasteiger partial charge on any atom is -0.511 e. The topological polar surface area (TPSA) is 104 Å². The van der Waals surface area contributed by atoms with Crippen LogP contribution in [-0.4, -0.2) is 27.5 Å². The highest BCUT2D eigenvalue weighted by atomic mass is 16.5. The third-order valence-corrected chi connectivity index (χ3v) is 5.54. The van der Waals surface area contributed by atoms with Gasteiger partial charge >= 0.3 is 0 Å². The fraction of sp³-hybridized carbons (Fsp3) is 0.364. The van der Waals surface area contributed by atoms with Gasteiger partial charge in [-0.05, 0) is 24.3 Å². The molecule has 0 bridgehead atoms. The quantitative estimate of drug-likeness (QED) is 0.615. The molecule has 0 aliphatic heterocycles. The van der Waals surface area contributed by atoms with E-state index in [0.29, 0.717) is 42.7 Å². The number of fused-ring (bicyclic) bond motifs is 1. The Bertz CT molecular complexity index is 952. The van der Waals surface area contributed by atoms with Gasteiger partial charge in [-0.3, -0.25) is 9.59 Å². The van der Waals surface area contributed by atoms with Crippen LogP contribution in [0.4, 0.5) is 0 Å². The highest BCUT2D eigenvalue weighted by Crippen LogP contribution is 2.33. The van der Waals surface area contributed by atoms with Crippen molar-refractivity contribution in [1.82, 2.24) is 5.16 Å². The molecular formula is C22H22N2O4. The molecule has 1 heterocycles. The summed E-state index contributed by atoms with van der Waals surface area (Å²) in [4.78, 5) is 24.8. The summed E-state index contributed by atoms with van der Waals surface area (Å²) in [5.41, 5.74) is 2.39. The van der Waals surface area contributed by atoms with Crippen LogP contribution in [0, 0.1) is 5.41 Å². The van der Waals surface area contributed by atoms with Crippen LogP contribution in [0.3, 0.4) is 0 Å².